The van der Waals surface area contributed by atoms with E-state index in [1.807, 2.05) is 32.9 Å². The van der Waals surface area contributed by atoms with E-state index in [9.17, 15) is 4.79 Å². The minimum atomic E-state index is -0.172. The van der Waals surface area contributed by atoms with Crippen LogP contribution in [0.1, 0.15) is 32.5 Å². The number of carbonyl (C=O) groups excluding carboxylic acids is 1. The number of amides is 2. The molecule has 3 heterocycles. The number of piperazine rings is 1. The summed E-state index contributed by atoms with van der Waals surface area (Å²) in [5.41, 5.74) is 0.963. The van der Waals surface area contributed by atoms with E-state index in [-0.39, 0.29) is 18.0 Å². The standard InChI is InChI=1S/C17H24N6O2/c1-17(2,3)15-20-14(25-21-15)12-19-16(24)23-10-8-22(9-11-23)13-4-6-18-7-5-13/h4-7H,8-12H2,1-3H3,(H,19,24). The molecular weight excluding hydrogens is 320 g/mol. The lowest BCUT2D eigenvalue weighted by Gasteiger charge is -2.35. The highest BCUT2D eigenvalue weighted by molar-refractivity contribution is 5.74. The minimum absolute atomic E-state index is 0.107. The van der Waals surface area contributed by atoms with Gasteiger partial charge in [0.2, 0.25) is 5.89 Å². The van der Waals surface area contributed by atoms with Gasteiger partial charge in [-0.15, -0.1) is 0 Å². The van der Waals surface area contributed by atoms with E-state index in [0.29, 0.717) is 24.8 Å². The summed E-state index contributed by atoms with van der Waals surface area (Å²) in [4.78, 5) is 24.7. The molecule has 1 saturated heterocycles. The molecule has 134 valence electrons. The van der Waals surface area contributed by atoms with Crippen LogP contribution in [0.15, 0.2) is 29.0 Å². The molecule has 0 bridgehead atoms. The van der Waals surface area contributed by atoms with Gasteiger partial charge >= 0.3 is 6.03 Å². The zero-order valence-electron chi connectivity index (χ0n) is 14.9. The zero-order valence-corrected chi connectivity index (χ0v) is 14.9. The number of hydrogen-bond acceptors (Lipinski definition) is 6. The maximum atomic E-state index is 12.3. The van der Waals surface area contributed by atoms with Gasteiger partial charge in [0.05, 0.1) is 6.54 Å². The lowest BCUT2D eigenvalue weighted by Crippen LogP contribution is -2.51. The maximum absolute atomic E-state index is 12.3. The summed E-state index contributed by atoms with van der Waals surface area (Å²) in [7, 11) is 0. The third-order valence-corrected chi connectivity index (χ3v) is 4.12. The quantitative estimate of drug-likeness (QED) is 0.913. The molecule has 0 radical (unpaired) electrons. The van der Waals surface area contributed by atoms with Gasteiger partial charge in [-0.1, -0.05) is 25.9 Å². The molecule has 25 heavy (non-hydrogen) atoms. The van der Waals surface area contributed by atoms with Crippen LogP contribution in [-0.4, -0.2) is 52.2 Å². The van der Waals surface area contributed by atoms with Gasteiger partial charge < -0.3 is 19.6 Å². The van der Waals surface area contributed by atoms with Gasteiger partial charge in [0, 0.05) is 49.7 Å². The molecule has 0 saturated carbocycles. The average Bonchev–Trinajstić information content (AvgIpc) is 3.10. The zero-order chi connectivity index (χ0) is 17.9. The number of pyridine rings is 1. The number of anilines is 1. The monoisotopic (exact) mass is 344 g/mol. The summed E-state index contributed by atoms with van der Waals surface area (Å²) < 4.78 is 5.20. The van der Waals surface area contributed by atoms with Crippen molar-refractivity contribution in [2.24, 2.45) is 0 Å². The largest absolute Gasteiger partial charge is 0.368 e. The lowest BCUT2D eigenvalue weighted by atomic mass is 9.96. The highest BCUT2D eigenvalue weighted by Gasteiger charge is 2.23. The van der Waals surface area contributed by atoms with Crippen molar-refractivity contribution >= 4 is 11.7 Å². The van der Waals surface area contributed by atoms with Gasteiger partial charge in [-0.25, -0.2) is 4.79 Å². The number of carbonyl (C=O) groups is 1. The van der Waals surface area contributed by atoms with Crippen molar-refractivity contribution in [2.45, 2.75) is 32.7 Å². The van der Waals surface area contributed by atoms with Gasteiger partial charge in [0.25, 0.3) is 0 Å². The van der Waals surface area contributed by atoms with Crippen molar-refractivity contribution in [1.29, 1.82) is 0 Å². The molecule has 8 heteroatoms. The molecule has 0 spiro atoms. The van der Waals surface area contributed by atoms with Crippen LogP contribution < -0.4 is 10.2 Å². The molecule has 8 nitrogen and oxygen atoms in total. The molecule has 0 aromatic carbocycles. The van der Waals surface area contributed by atoms with E-state index in [2.05, 4.69) is 25.3 Å². The van der Waals surface area contributed by atoms with E-state index < -0.39 is 0 Å². The molecule has 2 aromatic heterocycles. The molecule has 0 atom stereocenters. The summed E-state index contributed by atoms with van der Waals surface area (Å²) in [6.07, 6.45) is 3.56. The molecule has 1 aliphatic heterocycles. The van der Waals surface area contributed by atoms with Crippen LogP contribution in [-0.2, 0) is 12.0 Å². The van der Waals surface area contributed by atoms with E-state index in [4.69, 9.17) is 4.52 Å². The predicted molar refractivity (Wildman–Crippen MR) is 93.3 cm³/mol. The van der Waals surface area contributed by atoms with Crippen LogP contribution in [0.5, 0.6) is 0 Å². The topological polar surface area (TPSA) is 87.4 Å². The predicted octanol–water partition coefficient (Wildman–Crippen LogP) is 1.79. The molecule has 0 aliphatic carbocycles. The summed E-state index contributed by atoms with van der Waals surface area (Å²) in [6, 6.07) is 3.86. The molecule has 1 aliphatic rings. The molecule has 2 aromatic rings. The van der Waals surface area contributed by atoms with Crippen LogP contribution >= 0.6 is 0 Å². The number of hydrogen-bond donors (Lipinski definition) is 1. The Bertz CT molecular complexity index is 701. The van der Waals surface area contributed by atoms with Gasteiger partial charge in [-0.05, 0) is 12.1 Å². The fourth-order valence-electron chi connectivity index (χ4n) is 2.62. The van der Waals surface area contributed by atoms with Gasteiger partial charge in [0.1, 0.15) is 0 Å². The Morgan fingerprint density at radius 1 is 1.20 bits per heavy atom. The molecule has 2 amide bonds. The summed E-state index contributed by atoms with van der Waals surface area (Å²) >= 11 is 0. The van der Waals surface area contributed by atoms with Gasteiger partial charge in [-0.2, -0.15) is 4.98 Å². The Morgan fingerprint density at radius 3 is 2.48 bits per heavy atom. The van der Waals surface area contributed by atoms with Crippen LogP contribution in [0.2, 0.25) is 0 Å². The smallest absolute Gasteiger partial charge is 0.317 e. The minimum Gasteiger partial charge on any atom is -0.368 e. The summed E-state index contributed by atoms with van der Waals surface area (Å²) in [5.74, 6) is 1.07. The number of rotatable bonds is 3. The Hall–Kier alpha value is -2.64. The lowest BCUT2D eigenvalue weighted by molar-refractivity contribution is 0.192. The average molecular weight is 344 g/mol. The van der Waals surface area contributed by atoms with Crippen molar-refractivity contribution < 1.29 is 9.32 Å². The Kier molecular flexibility index (Phi) is 4.87. The first kappa shape index (κ1) is 17.2. The first-order valence-electron chi connectivity index (χ1n) is 8.44. The second-order valence-corrected chi connectivity index (χ2v) is 7.10. The van der Waals surface area contributed by atoms with Crippen molar-refractivity contribution in [3.8, 4) is 0 Å². The van der Waals surface area contributed by atoms with Crippen LogP contribution in [0, 0.1) is 0 Å². The molecule has 1 fully saturated rings. The van der Waals surface area contributed by atoms with Crippen molar-refractivity contribution in [3.05, 3.63) is 36.2 Å². The van der Waals surface area contributed by atoms with E-state index >= 15 is 0 Å². The van der Waals surface area contributed by atoms with Crippen molar-refractivity contribution in [2.75, 3.05) is 31.1 Å². The van der Waals surface area contributed by atoms with Gasteiger partial charge in [0.15, 0.2) is 5.82 Å². The third-order valence-electron chi connectivity index (χ3n) is 4.12. The molecule has 1 N–H and O–H groups in total. The second kappa shape index (κ2) is 7.08. The molecule has 3 rings (SSSR count). The Balaban J connectivity index is 1.47. The second-order valence-electron chi connectivity index (χ2n) is 7.10. The maximum Gasteiger partial charge on any atom is 0.317 e. The highest BCUT2D eigenvalue weighted by atomic mass is 16.5. The van der Waals surface area contributed by atoms with Crippen LogP contribution in [0.25, 0.3) is 0 Å². The van der Waals surface area contributed by atoms with E-state index in [0.717, 1.165) is 18.8 Å². The third kappa shape index (κ3) is 4.26. The Labute approximate surface area is 147 Å². The van der Waals surface area contributed by atoms with Crippen LogP contribution in [0.4, 0.5) is 10.5 Å². The fraction of sp³-hybridized carbons (Fsp3) is 0.529. The first-order chi connectivity index (χ1) is 11.9. The molecule has 0 unspecified atom stereocenters. The summed E-state index contributed by atoms with van der Waals surface area (Å²) in [5, 5.41) is 6.81. The first-order valence-corrected chi connectivity index (χ1v) is 8.44. The number of aromatic nitrogens is 3. The molecular formula is C17H24N6O2. The number of nitrogens with one attached hydrogen (secondary N) is 1. The SMILES string of the molecule is CC(C)(C)c1noc(CNC(=O)N2CCN(c3ccncc3)CC2)n1. The van der Waals surface area contributed by atoms with Crippen molar-refractivity contribution in [1.82, 2.24) is 25.3 Å². The number of nitrogens with zero attached hydrogens (tertiary/aromatic N) is 5. The van der Waals surface area contributed by atoms with Crippen molar-refractivity contribution in [3.63, 3.8) is 0 Å². The van der Waals surface area contributed by atoms with E-state index in [1.165, 1.54) is 0 Å². The fourth-order valence-corrected chi connectivity index (χ4v) is 2.62. The summed E-state index contributed by atoms with van der Waals surface area (Å²) in [6.45, 7) is 9.23. The van der Waals surface area contributed by atoms with E-state index in [1.54, 1.807) is 17.3 Å². The Morgan fingerprint density at radius 2 is 1.88 bits per heavy atom. The van der Waals surface area contributed by atoms with Crippen LogP contribution in [0.3, 0.4) is 0 Å². The van der Waals surface area contributed by atoms with Gasteiger partial charge in [-0.3, -0.25) is 4.98 Å². The highest BCUT2D eigenvalue weighted by Crippen LogP contribution is 2.18. The normalized spacial score (nSPS) is 15.3. The number of urea groups is 1.